The second kappa shape index (κ2) is 5.72. The smallest absolute Gasteiger partial charge is 0.0693 e. The summed E-state index contributed by atoms with van der Waals surface area (Å²) in [5, 5.41) is 1.00. The largest absolute Gasteiger partial charge is 0.396 e. The van der Waals surface area contributed by atoms with E-state index in [0.717, 1.165) is 12.1 Å². The van der Waals surface area contributed by atoms with Crippen LogP contribution in [0.15, 0.2) is 36.4 Å². The fourth-order valence-electron chi connectivity index (χ4n) is 2.08. The van der Waals surface area contributed by atoms with Crippen molar-refractivity contribution in [1.82, 2.24) is 0 Å². The highest BCUT2D eigenvalue weighted by Gasteiger charge is 2.08. The summed E-state index contributed by atoms with van der Waals surface area (Å²) in [4.78, 5) is 2.16. The first-order valence-corrected chi connectivity index (χ1v) is 6.75. The van der Waals surface area contributed by atoms with Gasteiger partial charge in [0.1, 0.15) is 0 Å². The first-order chi connectivity index (χ1) is 8.99. The molecule has 2 rings (SSSR count). The number of nitrogens with two attached hydrogens (primary N) is 1. The molecule has 2 nitrogen and oxygen atoms in total. The van der Waals surface area contributed by atoms with E-state index in [1.54, 1.807) is 0 Å². The van der Waals surface area contributed by atoms with Crippen LogP contribution in [0.2, 0.25) is 10.0 Å². The quantitative estimate of drug-likeness (QED) is 0.843. The Morgan fingerprint density at radius 3 is 2.26 bits per heavy atom. The Balaban J connectivity index is 2.24. The van der Waals surface area contributed by atoms with Crippen molar-refractivity contribution in [1.29, 1.82) is 0 Å². The van der Waals surface area contributed by atoms with E-state index < -0.39 is 0 Å². The lowest BCUT2D eigenvalue weighted by atomic mass is 10.1. The van der Waals surface area contributed by atoms with Gasteiger partial charge in [0, 0.05) is 19.3 Å². The molecule has 4 heteroatoms. The molecule has 0 atom stereocenters. The molecule has 0 fully saturated rings. The predicted octanol–water partition coefficient (Wildman–Crippen LogP) is 4.52. The number of hydrogen-bond donors (Lipinski definition) is 1. The molecule has 0 radical (unpaired) electrons. The zero-order chi connectivity index (χ0) is 14.0. The number of aryl methyl sites for hydroxylation is 1. The Bertz CT molecular complexity index is 573. The molecule has 0 unspecified atom stereocenters. The number of benzene rings is 2. The second-order valence-corrected chi connectivity index (χ2v) is 5.43. The third kappa shape index (κ3) is 3.14. The summed E-state index contributed by atoms with van der Waals surface area (Å²) in [6.45, 7) is 2.82. The Labute approximate surface area is 123 Å². The molecule has 0 aliphatic carbocycles. The third-order valence-electron chi connectivity index (χ3n) is 3.09. The summed E-state index contributed by atoms with van der Waals surface area (Å²) < 4.78 is 0. The Morgan fingerprint density at radius 1 is 1.11 bits per heavy atom. The van der Waals surface area contributed by atoms with Gasteiger partial charge in [-0.3, -0.25) is 0 Å². The molecular weight excluding hydrogens is 279 g/mol. The van der Waals surface area contributed by atoms with Crippen molar-refractivity contribution in [3.05, 3.63) is 57.6 Å². The third-order valence-corrected chi connectivity index (χ3v) is 3.71. The fourth-order valence-corrected chi connectivity index (χ4v) is 2.61. The van der Waals surface area contributed by atoms with E-state index in [9.17, 15) is 0 Å². The summed E-state index contributed by atoms with van der Waals surface area (Å²) in [6.07, 6.45) is 0. The van der Waals surface area contributed by atoms with Crippen molar-refractivity contribution in [3.63, 3.8) is 0 Å². The summed E-state index contributed by atoms with van der Waals surface area (Å²) >= 11 is 12.1. The number of nitrogen functional groups attached to an aromatic ring is 1. The van der Waals surface area contributed by atoms with Gasteiger partial charge < -0.3 is 10.6 Å². The molecule has 0 aliphatic heterocycles. The highest BCUT2D eigenvalue weighted by atomic mass is 35.5. The average Bonchev–Trinajstić information content (AvgIpc) is 2.36. The Morgan fingerprint density at radius 2 is 1.68 bits per heavy atom. The molecule has 0 bridgehead atoms. The van der Waals surface area contributed by atoms with E-state index in [1.165, 1.54) is 11.3 Å². The highest BCUT2D eigenvalue weighted by Crippen LogP contribution is 2.30. The molecule has 0 heterocycles. The average molecular weight is 295 g/mol. The maximum absolute atomic E-state index is 6.05. The van der Waals surface area contributed by atoms with Crippen LogP contribution < -0.4 is 10.6 Å². The molecule has 0 spiro atoms. The normalized spacial score (nSPS) is 10.5. The second-order valence-electron chi connectivity index (χ2n) is 4.62. The van der Waals surface area contributed by atoms with Crippen LogP contribution in [0.1, 0.15) is 11.1 Å². The van der Waals surface area contributed by atoms with Crippen molar-refractivity contribution in [3.8, 4) is 0 Å². The SMILES string of the molecule is Cc1ccccc1N(C)Cc1cc(Cl)c(N)c(Cl)c1. The first-order valence-electron chi connectivity index (χ1n) is 5.99. The van der Waals surface area contributed by atoms with E-state index >= 15 is 0 Å². The lowest BCUT2D eigenvalue weighted by Gasteiger charge is -2.22. The van der Waals surface area contributed by atoms with Gasteiger partial charge in [-0.2, -0.15) is 0 Å². The van der Waals surface area contributed by atoms with Crippen LogP contribution in [0, 0.1) is 6.92 Å². The summed E-state index contributed by atoms with van der Waals surface area (Å²) in [5.41, 5.74) is 9.63. The molecule has 19 heavy (non-hydrogen) atoms. The number of nitrogens with zero attached hydrogens (tertiary/aromatic N) is 1. The maximum Gasteiger partial charge on any atom is 0.0693 e. The van der Waals surface area contributed by atoms with Gasteiger partial charge >= 0.3 is 0 Å². The van der Waals surface area contributed by atoms with Crippen molar-refractivity contribution in [2.24, 2.45) is 0 Å². The topological polar surface area (TPSA) is 29.3 Å². The van der Waals surface area contributed by atoms with E-state index in [0.29, 0.717) is 15.7 Å². The van der Waals surface area contributed by atoms with Crippen LogP contribution in [-0.4, -0.2) is 7.05 Å². The molecule has 100 valence electrons. The van der Waals surface area contributed by atoms with Gasteiger partial charge in [0.15, 0.2) is 0 Å². The lowest BCUT2D eigenvalue weighted by molar-refractivity contribution is 0.918. The first kappa shape index (κ1) is 14.0. The van der Waals surface area contributed by atoms with Crippen LogP contribution in [0.4, 0.5) is 11.4 Å². The van der Waals surface area contributed by atoms with Gasteiger partial charge in [-0.05, 0) is 36.2 Å². The predicted molar refractivity (Wildman–Crippen MR) is 84.2 cm³/mol. The minimum absolute atomic E-state index is 0.436. The van der Waals surface area contributed by atoms with Crippen LogP contribution in [0.25, 0.3) is 0 Å². The fraction of sp³-hybridized carbons (Fsp3) is 0.200. The number of para-hydroxylation sites is 1. The van der Waals surface area contributed by atoms with Crippen LogP contribution in [0.5, 0.6) is 0 Å². The van der Waals surface area contributed by atoms with Gasteiger partial charge in [0.05, 0.1) is 15.7 Å². The number of halogens is 2. The molecule has 0 saturated heterocycles. The van der Waals surface area contributed by atoms with E-state index in [-0.39, 0.29) is 0 Å². The summed E-state index contributed by atoms with van der Waals surface area (Å²) in [7, 11) is 2.04. The van der Waals surface area contributed by atoms with Gasteiger partial charge in [0.25, 0.3) is 0 Å². The van der Waals surface area contributed by atoms with Gasteiger partial charge in [-0.1, -0.05) is 41.4 Å². The monoisotopic (exact) mass is 294 g/mol. The van der Waals surface area contributed by atoms with Crippen molar-refractivity contribution in [2.45, 2.75) is 13.5 Å². The molecule has 2 aromatic carbocycles. The molecular formula is C15H16Cl2N2. The minimum atomic E-state index is 0.436. The summed E-state index contributed by atoms with van der Waals surface area (Å²) in [5.74, 6) is 0. The molecule has 0 aromatic heterocycles. The van der Waals surface area contributed by atoms with Crippen molar-refractivity contribution in [2.75, 3.05) is 17.7 Å². The lowest BCUT2D eigenvalue weighted by Crippen LogP contribution is -2.17. The summed E-state index contributed by atoms with van der Waals surface area (Å²) in [6, 6.07) is 12.0. The Kier molecular flexibility index (Phi) is 4.23. The van der Waals surface area contributed by atoms with Crippen LogP contribution in [-0.2, 0) is 6.54 Å². The minimum Gasteiger partial charge on any atom is -0.396 e. The zero-order valence-electron chi connectivity index (χ0n) is 11.0. The van der Waals surface area contributed by atoms with Gasteiger partial charge in [-0.15, -0.1) is 0 Å². The molecule has 2 aromatic rings. The molecule has 0 amide bonds. The molecule has 2 N–H and O–H groups in total. The van der Waals surface area contributed by atoms with Crippen molar-refractivity contribution < 1.29 is 0 Å². The van der Waals surface area contributed by atoms with Crippen molar-refractivity contribution >= 4 is 34.6 Å². The molecule has 0 aliphatic rings. The maximum atomic E-state index is 6.05. The zero-order valence-corrected chi connectivity index (χ0v) is 12.5. The van der Waals surface area contributed by atoms with E-state index in [2.05, 4.69) is 24.0 Å². The number of rotatable bonds is 3. The van der Waals surface area contributed by atoms with Crippen LogP contribution >= 0.6 is 23.2 Å². The standard InChI is InChI=1S/C15H16Cl2N2/c1-10-5-3-4-6-14(10)19(2)9-11-7-12(16)15(18)13(17)8-11/h3-8H,9,18H2,1-2H3. The van der Waals surface area contributed by atoms with Gasteiger partial charge in [-0.25, -0.2) is 0 Å². The highest BCUT2D eigenvalue weighted by molar-refractivity contribution is 6.38. The number of hydrogen-bond acceptors (Lipinski definition) is 2. The Hall–Kier alpha value is -1.38. The van der Waals surface area contributed by atoms with E-state index in [1.807, 2.05) is 31.3 Å². The van der Waals surface area contributed by atoms with Crippen LogP contribution in [0.3, 0.4) is 0 Å². The van der Waals surface area contributed by atoms with Gasteiger partial charge in [0.2, 0.25) is 0 Å². The number of anilines is 2. The van der Waals surface area contributed by atoms with E-state index in [4.69, 9.17) is 28.9 Å². The molecule has 0 saturated carbocycles.